The Morgan fingerprint density at radius 3 is 2.60 bits per heavy atom. The van der Waals surface area contributed by atoms with Gasteiger partial charge in [-0.05, 0) is 31.5 Å². The molecule has 5 heteroatoms. The third-order valence-electron chi connectivity index (χ3n) is 3.61. The van der Waals surface area contributed by atoms with Gasteiger partial charge in [0.25, 0.3) is 11.7 Å². The van der Waals surface area contributed by atoms with Crippen LogP contribution < -0.4 is 4.90 Å². The van der Waals surface area contributed by atoms with Gasteiger partial charge in [0.2, 0.25) is 0 Å². The van der Waals surface area contributed by atoms with Crippen molar-refractivity contribution in [1.82, 2.24) is 9.78 Å². The summed E-state index contributed by atoms with van der Waals surface area (Å²) >= 11 is 0. The first-order valence-electron chi connectivity index (χ1n) is 6.44. The molecule has 0 bridgehead atoms. The smallest absolute Gasteiger partial charge is 0.299 e. The largest absolute Gasteiger partial charge is 0.299 e. The molecule has 2 aromatic rings. The molecule has 1 aliphatic heterocycles. The molecule has 0 saturated carbocycles. The monoisotopic (exact) mass is 269 g/mol. The summed E-state index contributed by atoms with van der Waals surface area (Å²) in [7, 11) is 1.84. The molecule has 0 unspecified atom stereocenters. The van der Waals surface area contributed by atoms with Gasteiger partial charge in [-0.1, -0.05) is 12.1 Å². The van der Waals surface area contributed by atoms with Crippen LogP contribution in [-0.2, 0) is 18.4 Å². The maximum absolute atomic E-state index is 12.2. The number of fused-ring (bicyclic) bond motifs is 1. The summed E-state index contributed by atoms with van der Waals surface area (Å²) in [5, 5.41) is 4.27. The van der Waals surface area contributed by atoms with Crippen LogP contribution in [0.15, 0.2) is 24.3 Å². The zero-order valence-corrected chi connectivity index (χ0v) is 11.7. The number of hydrogen-bond donors (Lipinski definition) is 0. The van der Waals surface area contributed by atoms with Crippen molar-refractivity contribution in [2.75, 3.05) is 4.90 Å². The minimum Gasteiger partial charge on any atom is -0.299 e. The molecule has 0 aliphatic carbocycles. The van der Waals surface area contributed by atoms with Crippen LogP contribution >= 0.6 is 0 Å². The lowest BCUT2D eigenvalue weighted by Gasteiger charge is -2.18. The minimum atomic E-state index is -0.465. The molecule has 0 atom stereocenters. The number of rotatable bonds is 2. The Morgan fingerprint density at radius 1 is 1.20 bits per heavy atom. The molecule has 2 heterocycles. The first-order chi connectivity index (χ1) is 9.49. The molecular weight excluding hydrogens is 254 g/mol. The topological polar surface area (TPSA) is 55.2 Å². The van der Waals surface area contributed by atoms with Crippen LogP contribution in [0.5, 0.6) is 0 Å². The molecule has 102 valence electrons. The van der Waals surface area contributed by atoms with E-state index in [9.17, 15) is 9.59 Å². The van der Waals surface area contributed by atoms with Crippen LogP contribution in [0.4, 0.5) is 5.69 Å². The number of carbonyl (C=O) groups excluding carboxylic acids is 2. The van der Waals surface area contributed by atoms with Crippen molar-refractivity contribution in [2.24, 2.45) is 7.05 Å². The molecule has 1 amide bonds. The summed E-state index contributed by atoms with van der Waals surface area (Å²) in [6, 6.07) is 7.34. The van der Waals surface area contributed by atoms with Crippen molar-refractivity contribution in [3.63, 3.8) is 0 Å². The number of ketones is 1. The summed E-state index contributed by atoms with van der Waals surface area (Å²) in [6.07, 6.45) is 0. The van der Waals surface area contributed by atoms with Crippen LogP contribution in [0.25, 0.3) is 0 Å². The maximum atomic E-state index is 12.2. The number of Topliss-reactive ketones (excluding diaryl/α,β-unsaturated/α-hetero) is 1. The van der Waals surface area contributed by atoms with Gasteiger partial charge >= 0.3 is 0 Å². The van der Waals surface area contributed by atoms with Gasteiger partial charge in [0, 0.05) is 7.05 Å². The van der Waals surface area contributed by atoms with E-state index in [0.717, 1.165) is 22.6 Å². The van der Waals surface area contributed by atoms with E-state index in [1.54, 1.807) is 21.7 Å². The van der Waals surface area contributed by atoms with Crippen molar-refractivity contribution in [3.05, 3.63) is 46.8 Å². The van der Waals surface area contributed by atoms with Gasteiger partial charge in [0.1, 0.15) is 0 Å². The summed E-state index contributed by atoms with van der Waals surface area (Å²) in [5.74, 6) is -0.893. The van der Waals surface area contributed by atoms with Crippen LogP contribution in [-0.4, -0.2) is 21.5 Å². The normalized spacial score (nSPS) is 14.1. The number of amides is 1. The number of aryl methyl sites for hydroxylation is 3. The minimum absolute atomic E-state index is 0.361. The standard InChI is InChI=1S/C15H15N3O2/c1-9-5-4-6-12-13(9)18(15(20)14(12)19)8-11-7-10(2)16-17(11)3/h4-7H,8H2,1-3H3. The van der Waals surface area contributed by atoms with Gasteiger partial charge in [-0.15, -0.1) is 0 Å². The number of benzene rings is 1. The van der Waals surface area contributed by atoms with E-state index in [1.165, 1.54) is 0 Å². The average Bonchev–Trinajstić information content (AvgIpc) is 2.83. The quantitative estimate of drug-likeness (QED) is 0.781. The van der Waals surface area contributed by atoms with Gasteiger partial charge < -0.3 is 0 Å². The van der Waals surface area contributed by atoms with E-state index in [4.69, 9.17) is 0 Å². The first kappa shape index (κ1) is 12.6. The van der Waals surface area contributed by atoms with Crippen molar-refractivity contribution < 1.29 is 9.59 Å². The van der Waals surface area contributed by atoms with Crippen LogP contribution in [0.2, 0.25) is 0 Å². The van der Waals surface area contributed by atoms with Gasteiger partial charge in [-0.3, -0.25) is 19.2 Å². The lowest BCUT2D eigenvalue weighted by Crippen LogP contribution is -2.30. The molecule has 0 N–H and O–H groups in total. The number of anilines is 1. The third kappa shape index (κ3) is 1.74. The van der Waals surface area contributed by atoms with E-state index < -0.39 is 11.7 Å². The Hall–Kier alpha value is -2.43. The molecule has 0 spiro atoms. The fourth-order valence-corrected chi connectivity index (χ4v) is 2.66. The van der Waals surface area contributed by atoms with Crippen molar-refractivity contribution in [3.8, 4) is 0 Å². The Balaban J connectivity index is 2.05. The molecule has 1 aliphatic rings. The highest BCUT2D eigenvalue weighted by Gasteiger charge is 2.37. The molecule has 1 aromatic heterocycles. The van der Waals surface area contributed by atoms with Gasteiger partial charge in [0.15, 0.2) is 0 Å². The Bertz CT molecular complexity index is 731. The zero-order chi connectivity index (χ0) is 14.4. The summed E-state index contributed by atoms with van der Waals surface area (Å²) < 4.78 is 1.74. The van der Waals surface area contributed by atoms with Gasteiger partial charge in [-0.25, -0.2) is 0 Å². The van der Waals surface area contributed by atoms with E-state index in [2.05, 4.69) is 5.10 Å². The summed E-state index contributed by atoms with van der Waals surface area (Å²) in [6.45, 7) is 4.17. The second kappa shape index (κ2) is 4.30. The molecule has 5 nitrogen and oxygen atoms in total. The van der Waals surface area contributed by atoms with Gasteiger partial charge in [0.05, 0.1) is 29.2 Å². The predicted molar refractivity (Wildman–Crippen MR) is 74.6 cm³/mol. The fraction of sp³-hybridized carbons (Fsp3) is 0.267. The molecule has 3 rings (SSSR count). The number of para-hydroxylation sites is 1. The Kier molecular flexibility index (Phi) is 2.71. The lowest BCUT2D eigenvalue weighted by atomic mass is 10.1. The van der Waals surface area contributed by atoms with E-state index in [-0.39, 0.29) is 0 Å². The van der Waals surface area contributed by atoms with Crippen LogP contribution in [0.1, 0.15) is 27.3 Å². The molecule has 0 saturated heterocycles. The number of carbonyl (C=O) groups is 2. The highest BCUT2D eigenvalue weighted by atomic mass is 16.2. The molecule has 0 fully saturated rings. The molecule has 1 aromatic carbocycles. The fourth-order valence-electron chi connectivity index (χ4n) is 2.66. The van der Waals surface area contributed by atoms with Crippen molar-refractivity contribution >= 4 is 17.4 Å². The molecular formula is C15H15N3O2. The molecule has 0 radical (unpaired) electrons. The van der Waals surface area contributed by atoms with Crippen molar-refractivity contribution in [2.45, 2.75) is 20.4 Å². The SMILES string of the molecule is Cc1cc(CN2C(=O)C(=O)c3cccc(C)c32)n(C)n1. The van der Waals surface area contributed by atoms with E-state index >= 15 is 0 Å². The highest BCUT2D eigenvalue weighted by Crippen LogP contribution is 2.33. The molecule has 20 heavy (non-hydrogen) atoms. The zero-order valence-electron chi connectivity index (χ0n) is 11.7. The second-order valence-corrected chi connectivity index (χ2v) is 5.09. The Labute approximate surface area is 116 Å². The van der Waals surface area contributed by atoms with E-state index in [0.29, 0.717) is 12.1 Å². The van der Waals surface area contributed by atoms with E-state index in [1.807, 2.05) is 33.0 Å². The highest BCUT2D eigenvalue weighted by molar-refractivity contribution is 6.52. The van der Waals surface area contributed by atoms with Crippen LogP contribution in [0, 0.1) is 13.8 Å². The third-order valence-corrected chi connectivity index (χ3v) is 3.61. The Morgan fingerprint density at radius 2 is 1.95 bits per heavy atom. The lowest BCUT2D eigenvalue weighted by molar-refractivity contribution is -0.114. The number of nitrogens with zero attached hydrogens (tertiary/aromatic N) is 3. The van der Waals surface area contributed by atoms with Crippen LogP contribution in [0.3, 0.4) is 0 Å². The maximum Gasteiger partial charge on any atom is 0.299 e. The number of aromatic nitrogens is 2. The second-order valence-electron chi connectivity index (χ2n) is 5.09. The first-order valence-corrected chi connectivity index (χ1v) is 6.44. The number of hydrogen-bond acceptors (Lipinski definition) is 3. The van der Waals surface area contributed by atoms with Gasteiger partial charge in [-0.2, -0.15) is 5.10 Å². The summed E-state index contributed by atoms with van der Waals surface area (Å²) in [5.41, 5.74) is 3.95. The predicted octanol–water partition coefficient (Wildman–Crippen LogP) is 1.77. The average molecular weight is 269 g/mol. The summed E-state index contributed by atoms with van der Waals surface area (Å²) in [4.78, 5) is 25.8. The van der Waals surface area contributed by atoms with Crippen molar-refractivity contribution in [1.29, 1.82) is 0 Å².